The van der Waals surface area contributed by atoms with E-state index >= 15 is 0 Å². The highest BCUT2D eigenvalue weighted by atomic mass is 35.5. The van der Waals surface area contributed by atoms with Crippen LogP contribution in [0.25, 0.3) is 0 Å². The molecule has 102 valence electrons. The Labute approximate surface area is 117 Å². The second-order valence-corrected chi connectivity index (χ2v) is 6.34. The average Bonchev–Trinajstić information content (AvgIpc) is 2.87. The third-order valence-corrected chi connectivity index (χ3v) is 4.60. The molecule has 2 aliphatic rings. The van der Waals surface area contributed by atoms with E-state index in [4.69, 9.17) is 11.6 Å². The summed E-state index contributed by atoms with van der Waals surface area (Å²) in [6, 6.07) is 3.42. The summed E-state index contributed by atoms with van der Waals surface area (Å²) in [6.07, 6.45) is 3.65. The van der Waals surface area contributed by atoms with Crippen molar-refractivity contribution in [2.75, 3.05) is 13.1 Å². The number of hydrogen-bond donors (Lipinski definition) is 2. The van der Waals surface area contributed by atoms with E-state index in [9.17, 15) is 4.79 Å². The standard InChI is InChI=1S/C14H18ClN3O/c1-14(5-9-7-16-8-10(9)6-14)18-13(19)12-11(15)3-2-4-17-12/h2-4,9-10,16H,5-8H2,1H3,(H,18,19)/t9-,10+,14?. The lowest BCUT2D eigenvalue weighted by molar-refractivity contribution is 0.0899. The summed E-state index contributed by atoms with van der Waals surface area (Å²) in [5, 5.41) is 6.94. The fraction of sp³-hybridized carbons (Fsp3) is 0.571. The van der Waals surface area contributed by atoms with Crippen LogP contribution in [0.1, 0.15) is 30.3 Å². The number of nitrogens with one attached hydrogen (secondary N) is 2. The van der Waals surface area contributed by atoms with Crippen molar-refractivity contribution in [1.29, 1.82) is 0 Å². The number of halogens is 1. The molecule has 0 radical (unpaired) electrons. The fourth-order valence-electron chi connectivity index (χ4n) is 3.49. The Balaban J connectivity index is 1.72. The molecule has 19 heavy (non-hydrogen) atoms. The Morgan fingerprint density at radius 3 is 2.79 bits per heavy atom. The molecule has 0 aromatic carbocycles. The van der Waals surface area contributed by atoms with Crippen molar-refractivity contribution in [3.05, 3.63) is 29.0 Å². The van der Waals surface area contributed by atoms with Crippen LogP contribution in [-0.2, 0) is 0 Å². The van der Waals surface area contributed by atoms with E-state index in [2.05, 4.69) is 22.5 Å². The van der Waals surface area contributed by atoms with Gasteiger partial charge in [0.15, 0.2) is 0 Å². The Morgan fingerprint density at radius 2 is 2.16 bits per heavy atom. The number of rotatable bonds is 2. The van der Waals surface area contributed by atoms with Crippen LogP contribution in [0.2, 0.25) is 5.02 Å². The van der Waals surface area contributed by atoms with Gasteiger partial charge >= 0.3 is 0 Å². The second kappa shape index (κ2) is 4.76. The summed E-state index contributed by atoms with van der Waals surface area (Å²) in [4.78, 5) is 16.3. The molecular weight excluding hydrogens is 262 g/mol. The maximum absolute atomic E-state index is 12.3. The first-order chi connectivity index (χ1) is 9.07. The van der Waals surface area contributed by atoms with Crippen LogP contribution in [0.5, 0.6) is 0 Å². The fourth-order valence-corrected chi connectivity index (χ4v) is 3.70. The third-order valence-electron chi connectivity index (χ3n) is 4.29. The number of pyridine rings is 1. The summed E-state index contributed by atoms with van der Waals surface area (Å²) in [6.45, 7) is 4.26. The zero-order valence-electron chi connectivity index (χ0n) is 10.9. The molecule has 4 nitrogen and oxygen atoms in total. The van der Waals surface area contributed by atoms with Crippen LogP contribution in [-0.4, -0.2) is 29.5 Å². The molecule has 1 amide bonds. The number of amides is 1. The molecule has 3 atom stereocenters. The number of carbonyl (C=O) groups is 1. The molecule has 2 N–H and O–H groups in total. The minimum atomic E-state index is -0.166. The van der Waals surface area contributed by atoms with Crippen LogP contribution in [0.3, 0.4) is 0 Å². The molecule has 0 spiro atoms. The lowest BCUT2D eigenvalue weighted by Crippen LogP contribution is -2.45. The van der Waals surface area contributed by atoms with Gasteiger partial charge in [0.1, 0.15) is 5.69 Å². The van der Waals surface area contributed by atoms with Crippen molar-refractivity contribution in [2.45, 2.75) is 25.3 Å². The molecular formula is C14H18ClN3O. The molecule has 2 heterocycles. The van der Waals surface area contributed by atoms with Gasteiger partial charge in [0.05, 0.1) is 5.02 Å². The minimum Gasteiger partial charge on any atom is -0.345 e. The van der Waals surface area contributed by atoms with Crippen molar-refractivity contribution >= 4 is 17.5 Å². The van der Waals surface area contributed by atoms with E-state index in [1.165, 1.54) is 0 Å². The molecule has 1 unspecified atom stereocenters. The summed E-state index contributed by atoms with van der Waals surface area (Å²) in [5.74, 6) is 1.20. The Morgan fingerprint density at radius 1 is 1.47 bits per heavy atom. The van der Waals surface area contributed by atoms with Crippen LogP contribution < -0.4 is 10.6 Å². The predicted molar refractivity (Wildman–Crippen MR) is 74.2 cm³/mol. The van der Waals surface area contributed by atoms with E-state index in [0.717, 1.165) is 25.9 Å². The molecule has 2 fully saturated rings. The monoisotopic (exact) mass is 279 g/mol. The van der Waals surface area contributed by atoms with Gasteiger partial charge in [0.25, 0.3) is 5.91 Å². The van der Waals surface area contributed by atoms with E-state index in [1.54, 1.807) is 18.3 Å². The highest BCUT2D eigenvalue weighted by Crippen LogP contribution is 2.41. The maximum Gasteiger partial charge on any atom is 0.271 e. The van der Waals surface area contributed by atoms with Crippen LogP contribution in [0.15, 0.2) is 18.3 Å². The topological polar surface area (TPSA) is 54.0 Å². The van der Waals surface area contributed by atoms with Crippen molar-refractivity contribution in [3.63, 3.8) is 0 Å². The van der Waals surface area contributed by atoms with E-state index < -0.39 is 0 Å². The third kappa shape index (κ3) is 2.47. The Hall–Kier alpha value is -1.13. The van der Waals surface area contributed by atoms with E-state index in [1.807, 2.05) is 0 Å². The van der Waals surface area contributed by atoms with Crippen molar-refractivity contribution in [2.24, 2.45) is 11.8 Å². The lowest BCUT2D eigenvalue weighted by Gasteiger charge is -2.26. The second-order valence-electron chi connectivity index (χ2n) is 5.94. The predicted octanol–water partition coefficient (Wildman–Crippen LogP) is 1.85. The Bertz CT molecular complexity index is 493. The van der Waals surface area contributed by atoms with Gasteiger partial charge in [-0.25, -0.2) is 4.98 Å². The number of nitrogens with zero attached hydrogens (tertiary/aromatic N) is 1. The summed E-state index contributed by atoms with van der Waals surface area (Å²) >= 11 is 6.01. The minimum absolute atomic E-state index is 0.130. The first-order valence-corrected chi connectivity index (χ1v) is 7.09. The smallest absolute Gasteiger partial charge is 0.271 e. The molecule has 3 rings (SSSR count). The molecule has 1 aliphatic heterocycles. The van der Waals surface area contributed by atoms with Crippen LogP contribution >= 0.6 is 11.6 Å². The zero-order valence-corrected chi connectivity index (χ0v) is 11.7. The van der Waals surface area contributed by atoms with Gasteiger partial charge in [-0.05, 0) is 56.8 Å². The number of carbonyl (C=O) groups excluding carboxylic acids is 1. The maximum atomic E-state index is 12.3. The normalized spacial score (nSPS) is 33.2. The molecule has 5 heteroatoms. The van der Waals surface area contributed by atoms with Gasteiger partial charge < -0.3 is 10.6 Å². The largest absolute Gasteiger partial charge is 0.345 e. The molecule has 1 saturated heterocycles. The van der Waals surface area contributed by atoms with Gasteiger partial charge in [-0.1, -0.05) is 11.6 Å². The van der Waals surface area contributed by atoms with Gasteiger partial charge in [-0.15, -0.1) is 0 Å². The van der Waals surface area contributed by atoms with Crippen molar-refractivity contribution < 1.29 is 4.79 Å². The quantitative estimate of drug-likeness (QED) is 0.869. The molecule has 1 aromatic heterocycles. The molecule has 1 saturated carbocycles. The lowest BCUT2D eigenvalue weighted by atomic mass is 9.98. The van der Waals surface area contributed by atoms with Crippen molar-refractivity contribution in [3.8, 4) is 0 Å². The van der Waals surface area contributed by atoms with E-state index in [-0.39, 0.29) is 11.4 Å². The van der Waals surface area contributed by atoms with Gasteiger partial charge in [-0.3, -0.25) is 4.79 Å². The van der Waals surface area contributed by atoms with Gasteiger partial charge in [0, 0.05) is 11.7 Å². The summed E-state index contributed by atoms with van der Waals surface area (Å²) in [5.41, 5.74) is 0.190. The first-order valence-electron chi connectivity index (χ1n) is 6.71. The summed E-state index contributed by atoms with van der Waals surface area (Å²) < 4.78 is 0. The number of fused-ring (bicyclic) bond motifs is 1. The number of hydrogen-bond acceptors (Lipinski definition) is 3. The first kappa shape index (κ1) is 12.9. The zero-order chi connectivity index (χ0) is 13.5. The SMILES string of the molecule is CC1(NC(=O)c2ncccc2Cl)C[C@H]2CNC[C@H]2C1. The van der Waals surface area contributed by atoms with Crippen LogP contribution in [0.4, 0.5) is 0 Å². The van der Waals surface area contributed by atoms with Crippen molar-refractivity contribution in [1.82, 2.24) is 15.6 Å². The van der Waals surface area contributed by atoms with Crippen LogP contribution in [0, 0.1) is 11.8 Å². The molecule has 1 aromatic rings. The highest BCUT2D eigenvalue weighted by molar-refractivity contribution is 6.33. The van der Waals surface area contributed by atoms with Gasteiger partial charge in [0.2, 0.25) is 0 Å². The van der Waals surface area contributed by atoms with Gasteiger partial charge in [-0.2, -0.15) is 0 Å². The Kier molecular flexibility index (Phi) is 3.23. The van der Waals surface area contributed by atoms with E-state index in [0.29, 0.717) is 22.6 Å². The number of aromatic nitrogens is 1. The molecule has 0 bridgehead atoms. The average molecular weight is 280 g/mol. The summed E-state index contributed by atoms with van der Waals surface area (Å²) in [7, 11) is 0. The highest BCUT2D eigenvalue weighted by Gasteiger charge is 2.45. The molecule has 1 aliphatic carbocycles.